The zero-order valence-corrected chi connectivity index (χ0v) is 10.8. The van der Waals surface area contributed by atoms with E-state index in [1.165, 1.54) is 0 Å². The van der Waals surface area contributed by atoms with Gasteiger partial charge in [0.1, 0.15) is 0 Å². The summed E-state index contributed by atoms with van der Waals surface area (Å²) in [5.41, 5.74) is 5.02. The van der Waals surface area contributed by atoms with Gasteiger partial charge < -0.3 is 0 Å². The number of carbonyl (C=O) groups excluding carboxylic acids is 1. The Kier molecular flexibility index (Phi) is 6.44. The number of ether oxygens (including phenoxy) is 1. The van der Waals surface area contributed by atoms with Gasteiger partial charge in [-0.25, -0.2) is 0 Å². The molecule has 0 aliphatic heterocycles. The van der Waals surface area contributed by atoms with Gasteiger partial charge in [-0.2, -0.15) is 0 Å². The van der Waals surface area contributed by atoms with Crippen LogP contribution in [0.25, 0.3) is 0 Å². The number of nitrogens with two attached hydrogens (primary N) is 1. The third kappa shape index (κ3) is 9.91. The van der Waals surface area contributed by atoms with Crippen molar-refractivity contribution in [2.24, 2.45) is 5.73 Å². The Labute approximate surface area is 87.1 Å². The predicted octanol–water partition coefficient (Wildman–Crippen LogP) is 1.52. The number of rotatable bonds is 5. The molecule has 0 spiro atoms. The normalized spacial score (nSPS) is 12.3. The quantitative estimate of drug-likeness (QED) is 0.593. The summed E-state index contributed by atoms with van der Waals surface area (Å²) in [6, 6.07) is 0. The van der Waals surface area contributed by atoms with Crippen molar-refractivity contribution in [2.45, 2.75) is 44.4 Å². The van der Waals surface area contributed by atoms with Gasteiger partial charge in [-0.05, 0) is 0 Å². The summed E-state index contributed by atoms with van der Waals surface area (Å²) < 4.78 is 5.22. The third-order valence-electron chi connectivity index (χ3n) is 1.30. The van der Waals surface area contributed by atoms with Gasteiger partial charge in [0.05, 0.1) is 0 Å². The molecule has 0 aliphatic carbocycles. The van der Waals surface area contributed by atoms with Gasteiger partial charge in [0, 0.05) is 0 Å². The Bertz CT molecular complexity index is 154. The third-order valence-corrected chi connectivity index (χ3v) is 3.39. The van der Waals surface area contributed by atoms with Gasteiger partial charge in [-0.15, -0.1) is 0 Å². The zero-order valence-electron chi connectivity index (χ0n) is 8.72. The molecule has 0 rings (SSSR count). The van der Waals surface area contributed by atoms with Crippen molar-refractivity contribution in [2.75, 3.05) is 6.54 Å². The number of hydrogen-bond donors (Lipinski definition) is 1. The Morgan fingerprint density at radius 2 is 2.00 bits per heavy atom. The Morgan fingerprint density at radius 1 is 1.38 bits per heavy atom. The van der Waals surface area contributed by atoms with Crippen molar-refractivity contribution in [3.63, 3.8) is 0 Å². The molecule has 0 aromatic heterocycles. The van der Waals surface area contributed by atoms with Gasteiger partial charge in [-0.3, -0.25) is 0 Å². The first-order chi connectivity index (χ1) is 5.95. The van der Waals surface area contributed by atoms with E-state index < -0.39 is 15.8 Å². The molecule has 0 aromatic rings. The molecule has 4 heteroatoms. The first-order valence-corrected chi connectivity index (χ1v) is 7.16. The van der Waals surface area contributed by atoms with E-state index >= 15 is 0 Å². The molecule has 0 radical (unpaired) electrons. The molecule has 1 unspecified atom stereocenters. The van der Waals surface area contributed by atoms with Crippen LogP contribution in [0.2, 0.25) is 5.21 Å². The van der Waals surface area contributed by atoms with E-state index in [1.54, 1.807) is 0 Å². The molecule has 0 saturated carbocycles. The van der Waals surface area contributed by atoms with Crippen LogP contribution < -0.4 is 5.73 Å². The standard InChI is InChI=1S/C9H20AsNO2/c1-9(2,3)13-8(12)10-6-4-5-7-11/h10H,4-7,11H2,1-3H3. The van der Waals surface area contributed by atoms with E-state index in [-0.39, 0.29) is 10.4 Å². The Morgan fingerprint density at radius 3 is 2.46 bits per heavy atom. The van der Waals surface area contributed by atoms with Crippen molar-refractivity contribution in [3.8, 4) is 0 Å². The summed E-state index contributed by atoms with van der Waals surface area (Å²) in [5.74, 6) is 0. The van der Waals surface area contributed by atoms with Crippen LogP contribution in [0.4, 0.5) is 4.79 Å². The summed E-state index contributed by atoms with van der Waals surface area (Å²) in [6.07, 6.45) is 2.09. The van der Waals surface area contributed by atoms with Crippen molar-refractivity contribution in [1.29, 1.82) is 0 Å². The number of unbranched alkanes of at least 4 members (excludes halogenated alkanes) is 1. The topological polar surface area (TPSA) is 52.3 Å². The van der Waals surface area contributed by atoms with Crippen LogP contribution in [0.15, 0.2) is 0 Å². The molecule has 3 nitrogen and oxygen atoms in total. The van der Waals surface area contributed by atoms with Gasteiger partial charge >= 0.3 is 86.7 Å². The van der Waals surface area contributed by atoms with E-state index in [2.05, 4.69) is 0 Å². The molecule has 0 aliphatic rings. The van der Waals surface area contributed by atoms with Crippen LogP contribution in [-0.4, -0.2) is 32.7 Å². The van der Waals surface area contributed by atoms with E-state index in [0.717, 1.165) is 24.6 Å². The first kappa shape index (κ1) is 13.0. The Hall–Kier alpha value is -0.0116. The van der Waals surface area contributed by atoms with Crippen LogP contribution in [0.1, 0.15) is 33.6 Å². The van der Waals surface area contributed by atoms with E-state index in [0.29, 0.717) is 0 Å². The average Bonchev–Trinajstić information content (AvgIpc) is 1.94. The van der Waals surface area contributed by atoms with Crippen LogP contribution in [0.3, 0.4) is 0 Å². The Balaban J connectivity index is 3.41. The number of carbonyl (C=O) groups is 1. The molecule has 2 N–H and O–H groups in total. The predicted molar refractivity (Wildman–Crippen MR) is 56.5 cm³/mol. The molecule has 0 aromatic carbocycles. The average molecular weight is 249 g/mol. The second-order valence-corrected chi connectivity index (χ2v) is 6.57. The zero-order chi connectivity index (χ0) is 10.3. The van der Waals surface area contributed by atoms with Crippen molar-refractivity contribution < 1.29 is 9.53 Å². The van der Waals surface area contributed by atoms with E-state index in [9.17, 15) is 4.79 Å². The molecule has 0 bridgehead atoms. The second kappa shape index (κ2) is 6.44. The van der Waals surface area contributed by atoms with Crippen LogP contribution in [-0.2, 0) is 4.74 Å². The fraction of sp³-hybridized carbons (Fsp3) is 0.889. The molecule has 0 heterocycles. The fourth-order valence-corrected chi connectivity index (χ4v) is 2.89. The van der Waals surface area contributed by atoms with Crippen molar-refractivity contribution >= 4 is 20.5 Å². The first-order valence-electron chi connectivity index (χ1n) is 4.62. The summed E-state index contributed by atoms with van der Waals surface area (Å²) >= 11 is -0.562. The number of hydrogen-bond acceptors (Lipinski definition) is 3. The minimum atomic E-state index is -0.562. The summed E-state index contributed by atoms with van der Waals surface area (Å²) in [6.45, 7) is 6.42. The molecule has 0 amide bonds. The fourth-order valence-electron chi connectivity index (χ4n) is 0.774. The van der Waals surface area contributed by atoms with Crippen molar-refractivity contribution in [1.82, 2.24) is 0 Å². The van der Waals surface area contributed by atoms with Gasteiger partial charge in [0.2, 0.25) is 0 Å². The second-order valence-electron chi connectivity index (χ2n) is 3.92. The molecule has 78 valence electrons. The minimum absolute atomic E-state index is 0.0181. The van der Waals surface area contributed by atoms with E-state index in [4.69, 9.17) is 10.5 Å². The maximum atomic E-state index is 11.2. The maximum absolute atomic E-state index is 11.2. The molecule has 0 saturated heterocycles. The van der Waals surface area contributed by atoms with Gasteiger partial charge in [0.25, 0.3) is 0 Å². The van der Waals surface area contributed by atoms with E-state index in [1.807, 2.05) is 20.8 Å². The molecule has 13 heavy (non-hydrogen) atoms. The van der Waals surface area contributed by atoms with Crippen LogP contribution in [0.5, 0.6) is 0 Å². The molecular formula is C9H20AsNO2. The molecular weight excluding hydrogens is 229 g/mol. The van der Waals surface area contributed by atoms with Crippen LogP contribution in [0, 0.1) is 0 Å². The molecule has 0 fully saturated rings. The van der Waals surface area contributed by atoms with Crippen molar-refractivity contribution in [3.05, 3.63) is 0 Å². The summed E-state index contributed by atoms with van der Waals surface area (Å²) in [7, 11) is 0. The van der Waals surface area contributed by atoms with Crippen LogP contribution >= 0.6 is 0 Å². The summed E-state index contributed by atoms with van der Waals surface area (Å²) in [5, 5.41) is 1.01. The van der Waals surface area contributed by atoms with Gasteiger partial charge in [-0.1, -0.05) is 0 Å². The SMILES string of the molecule is CC(C)(C)OC(=O)[AsH]CCCCN. The molecule has 1 atom stereocenters. The monoisotopic (exact) mass is 249 g/mol. The summed E-state index contributed by atoms with van der Waals surface area (Å²) in [4.78, 5) is 11.2. The van der Waals surface area contributed by atoms with Gasteiger partial charge in [0.15, 0.2) is 0 Å².